The van der Waals surface area contributed by atoms with Crippen molar-refractivity contribution in [2.24, 2.45) is 0 Å². The van der Waals surface area contributed by atoms with E-state index in [0.717, 1.165) is 81.2 Å². The first kappa shape index (κ1) is 44.8. The molecule has 6 aromatic rings. The molecule has 5 aliphatic rings. The monoisotopic (exact) mass is 881 g/mol. The van der Waals surface area contributed by atoms with E-state index in [-0.39, 0.29) is 0 Å². The maximum atomic E-state index is 6.98. The Morgan fingerprint density at radius 2 is 0.323 bits per heavy atom. The Labute approximate surface area is 386 Å². The Morgan fingerprint density at radius 3 is 0.431 bits per heavy atom. The van der Waals surface area contributed by atoms with E-state index in [9.17, 15) is 0 Å². The minimum absolute atomic E-state index is 0.589. The molecule has 5 aliphatic heterocycles. The first-order chi connectivity index (χ1) is 29.6. The van der Waals surface area contributed by atoms with Gasteiger partial charge in [-0.25, -0.2) is 0 Å². The molecule has 0 bridgehead atoms. The summed E-state index contributed by atoms with van der Waals surface area (Å²) >= 11 is 0. The van der Waals surface area contributed by atoms with Gasteiger partial charge >= 0.3 is 35.6 Å². The third-order valence-electron chi connectivity index (χ3n) is 18.2. The van der Waals surface area contributed by atoms with Gasteiger partial charge in [0.15, 0.2) is 0 Å². The van der Waals surface area contributed by atoms with Crippen LogP contribution in [0.25, 0.3) is 53.9 Å². The normalized spacial score (nSPS) is 26.9. The van der Waals surface area contributed by atoms with E-state index in [0.29, 0.717) is 0 Å². The van der Waals surface area contributed by atoms with Crippen molar-refractivity contribution in [2.45, 2.75) is 194 Å². The zero-order valence-corrected chi connectivity index (χ0v) is 42.4. The fourth-order valence-corrected chi connectivity index (χ4v) is 10.5. The summed E-state index contributed by atoms with van der Waals surface area (Å²) in [5.74, 6) is 0. The van der Waals surface area contributed by atoms with Crippen molar-refractivity contribution in [3.8, 4) is 0 Å². The van der Waals surface area contributed by atoms with Gasteiger partial charge in [-0.15, -0.1) is 0 Å². The lowest BCUT2D eigenvalue weighted by molar-refractivity contribution is 0.00578. The van der Waals surface area contributed by atoms with Gasteiger partial charge < -0.3 is 46.5 Å². The highest BCUT2D eigenvalue weighted by Gasteiger charge is 2.58. The van der Waals surface area contributed by atoms with Crippen molar-refractivity contribution in [1.82, 2.24) is 0 Å². The Kier molecular flexibility index (Phi) is 8.79. The van der Waals surface area contributed by atoms with E-state index in [1.165, 1.54) is 0 Å². The van der Waals surface area contributed by atoms with Crippen LogP contribution in [0.5, 0.6) is 0 Å². The van der Waals surface area contributed by atoms with Gasteiger partial charge in [-0.2, -0.15) is 0 Å². The maximum Gasteiger partial charge on any atom is 0.495 e. The van der Waals surface area contributed by atoms with Gasteiger partial charge in [0.05, 0.1) is 56.0 Å². The van der Waals surface area contributed by atoms with E-state index in [2.05, 4.69) is 169 Å². The van der Waals surface area contributed by atoms with Gasteiger partial charge in [-0.1, -0.05) is 30.3 Å². The Hall–Kier alpha value is -2.68. The molecule has 10 nitrogen and oxygen atoms in total. The Balaban J connectivity index is 1.32. The summed E-state index contributed by atoms with van der Waals surface area (Å²) < 4.78 is 69.8. The predicted molar refractivity (Wildman–Crippen MR) is 266 cm³/mol. The van der Waals surface area contributed by atoms with Gasteiger partial charge in [0.2, 0.25) is 0 Å². The minimum atomic E-state index is -0.682. The number of rotatable bonds is 5. The summed E-state index contributed by atoms with van der Waals surface area (Å²) in [4.78, 5) is 0. The molecular formula is C50H65B5O10. The van der Waals surface area contributed by atoms with Gasteiger partial charge in [0.25, 0.3) is 0 Å². The van der Waals surface area contributed by atoms with E-state index in [1.807, 2.05) is 0 Å². The summed E-state index contributed by atoms with van der Waals surface area (Å²) in [7, 11) is -3.41. The first-order valence-electron chi connectivity index (χ1n) is 23.7. The fraction of sp³-hybridized carbons (Fsp3) is 0.600. The quantitative estimate of drug-likeness (QED) is 0.130. The van der Waals surface area contributed by atoms with E-state index in [4.69, 9.17) is 46.5 Å². The summed E-state index contributed by atoms with van der Waals surface area (Å²) in [6.45, 7) is 42.1. The molecule has 0 unspecified atom stereocenters. The molecule has 5 heterocycles. The SMILES string of the molecule is CC1(C)OB(c2cc3c(B4OC(C)(C)C(C)(C)O4)cc4c(B5OC(C)(C)C(C)(C)O5)cc5c(B6OC(C)(C)C(C)(C)O6)cc6c(B7OC(C)(C)C(C)(C)O7)cc2c2c6c5c4c32)OC1(C)C. The summed E-state index contributed by atoms with van der Waals surface area (Å²) in [6.07, 6.45) is 0. The zero-order chi connectivity index (χ0) is 47.2. The second-order valence-electron chi connectivity index (χ2n) is 24.9. The van der Waals surface area contributed by atoms with Crippen LogP contribution in [0.2, 0.25) is 0 Å². The van der Waals surface area contributed by atoms with Crippen molar-refractivity contribution in [3.63, 3.8) is 0 Å². The molecule has 5 fully saturated rings. The summed E-state index contributed by atoms with van der Waals surface area (Å²) in [5.41, 5.74) is -1.28. The van der Waals surface area contributed by atoms with Crippen LogP contribution in [0.1, 0.15) is 138 Å². The highest BCUT2D eigenvalue weighted by Crippen LogP contribution is 2.50. The zero-order valence-electron chi connectivity index (χ0n) is 42.4. The highest BCUT2D eigenvalue weighted by atomic mass is 16.7. The average molecular weight is 880 g/mol. The van der Waals surface area contributed by atoms with Crippen LogP contribution in [0.15, 0.2) is 30.3 Å². The van der Waals surface area contributed by atoms with Crippen LogP contribution >= 0.6 is 0 Å². The first-order valence-corrected chi connectivity index (χ1v) is 23.7. The largest absolute Gasteiger partial charge is 0.495 e. The number of hydrogen-bond donors (Lipinski definition) is 0. The molecule has 0 radical (unpaired) electrons. The molecule has 65 heavy (non-hydrogen) atoms. The molecule has 15 heteroatoms. The van der Waals surface area contributed by atoms with Crippen molar-refractivity contribution in [2.75, 3.05) is 0 Å². The fourth-order valence-electron chi connectivity index (χ4n) is 10.5. The molecule has 0 aromatic heterocycles. The molecule has 0 amide bonds. The molecular weight excluding hydrogens is 815 g/mol. The second kappa shape index (κ2) is 12.7. The molecule has 0 aliphatic carbocycles. The summed E-state index contributed by atoms with van der Waals surface area (Å²) in [5, 5.41) is 10.6. The maximum absolute atomic E-state index is 6.98. The smallest absolute Gasteiger partial charge is 0.399 e. The number of benzene rings is 5. The van der Waals surface area contributed by atoms with Crippen molar-refractivity contribution < 1.29 is 46.5 Å². The molecule has 340 valence electrons. The van der Waals surface area contributed by atoms with Crippen molar-refractivity contribution >= 4 is 117 Å². The summed E-state index contributed by atoms with van der Waals surface area (Å²) in [6, 6.07) is 11.4. The van der Waals surface area contributed by atoms with Crippen LogP contribution in [0.4, 0.5) is 0 Å². The Bertz CT molecular complexity index is 2400. The molecule has 0 N–H and O–H groups in total. The van der Waals surface area contributed by atoms with E-state index >= 15 is 0 Å². The van der Waals surface area contributed by atoms with Crippen molar-refractivity contribution in [3.05, 3.63) is 30.3 Å². The highest BCUT2D eigenvalue weighted by molar-refractivity contribution is 6.75. The Morgan fingerprint density at radius 1 is 0.215 bits per heavy atom. The van der Waals surface area contributed by atoms with Crippen LogP contribution in [-0.2, 0) is 46.5 Å². The minimum Gasteiger partial charge on any atom is -0.399 e. The topological polar surface area (TPSA) is 92.3 Å². The average Bonchev–Trinajstić information content (AvgIpc) is 3.88. The lowest BCUT2D eigenvalue weighted by Crippen LogP contribution is -2.41. The van der Waals surface area contributed by atoms with Crippen LogP contribution in [-0.4, -0.2) is 91.6 Å². The predicted octanol–water partition coefficient (Wildman–Crippen LogP) is 7.26. The lowest BCUT2D eigenvalue weighted by atomic mass is 9.67. The standard InChI is InChI=1S/C50H65B5O10/c1-41(2)42(3,4)57-51(56-41)31-21-27-33(53-60-45(9,10)46(11,12)61-53)23-29-35(55-64-49(17,18)50(19,20)65-55)25-30-34(54-62-47(13,14)48(15,16)63-54)24-28-32(52-58-43(5,6)44(7,8)59-52)22-26(31)36-37(27)39(29)40(30)38(28)36/h21-25H,1-20H3. The van der Waals surface area contributed by atoms with Gasteiger partial charge in [0, 0.05) is 0 Å². The van der Waals surface area contributed by atoms with Gasteiger partial charge in [-0.3, -0.25) is 0 Å². The van der Waals surface area contributed by atoms with Crippen LogP contribution in [0.3, 0.4) is 0 Å². The van der Waals surface area contributed by atoms with Crippen LogP contribution in [0, 0.1) is 0 Å². The van der Waals surface area contributed by atoms with Crippen molar-refractivity contribution in [1.29, 1.82) is 0 Å². The molecule has 6 aromatic carbocycles. The van der Waals surface area contributed by atoms with Gasteiger partial charge in [0.1, 0.15) is 0 Å². The third-order valence-corrected chi connectivity index (χ3v) is 18.2. The number of hydrogen-bond acceptors (Lipinski definition) is 10. The van der Waals surface area contributed by atoms with E-state index < -0.39 is 91.6 Å². The van der Waals surface area contributed by atoms with Gasteiger partial charge in [-0.05, 0) is 220 Å². The lowest BCUT2D eigenvalue weighted by Gasteiger charge is -2.32. The molecule has 0 atom stereocenters. The molecule has 0 spiro atoms. The molecule has 5 saturated heterocycles. The van der Waals surface area contributed by atoms with E-state index in [1.54, 1.807) is 0 Å². The third kappa shape index (κ3) is 5.83. The second-order valence-corrected chi connectivity index (χ2v) is 24.9. The molecule has 0 saturated carbocycles. The molecule has 11 rings (SSSR count). The van der Waals surface area contributed by atoms with Crippen LogP contribution < -0.4 is 27.3 Å².